The zero-order valence-corrected chi connectivity index (χ0v) is 15.3. The molecule has 0 aromatic heterocycles. The van der Waals surface area contributed by atoms with Crippen LogP contribution in [0.2, 0.25) is 0 Å². The number of sulfone groups is 1. The molecule has 2 aliphatic heterocycles. The number of nitrogens with zero attached hydrogens (tertiary/aromatic N) is 2. The lowest BCUT2D eigenvalue weighted by molar-refractivity contribution is -0.136. The lowest BCUT2D eigenvalue weighted by atomic mass is 10.1. The summed E-state index contributed by atoms with van der Waals surface area (Å²) in [4.78, 5) is 28.1. The van der Waals surface area contributed by atoms with Gasteiger partial charge in [-0.1, -0.05) is 12.1 Å². The van der Waals surface area contributed by atoms with Crippen LogP contribution in [0.1, 0.15) is 16.8 Å². The summed E-state index contributed by atoms with van der Waals surface area (Å²) in [5.74, 6) is -1.44. The molecular weight excluding hydrogens is 382 g/mol. The molecule has 2 saturated heterocycles. The van der Waals surface area contributed by atoms with E-state index in [0.717, 1.165) is 0 Å². The second-order valence-electron chi connectivity index (χ2n) is 6.59. The van der Waals surface area contributed by atoms with E-state index in [2.05, 4.69) is 4.74 Å². The highest BCUT2D eigenvalue weighted by molar-refractivity contribution is 7.91. The van der Waals surface area contributed by atoms with Gasteiger partial charge >= 0.3 is 6.61 Å². The van der Waals surface area contributed by atoms with Gasteiger partial charge in [0.25, 0.3) is 5.91 Å². The molecule has 0 spiro atoms. The predicted molar refractivity (Wildman–Crippen MR) is 92.3 cm³/mol. The van der Waals surface area contributed by atoms with Crippen LogP contribution in [0.4, 0.5) is 8.78 Å². The van der Waals surface area contributed by atoms with Crippen molar-refractivity contribution in [3.05, 3.63) is 29.8 Å². The topological polar surface area (TPSA) is 84.0 Å². The first-order valence-corrected chi connectivity index (χ1v) is 10.4. The molecule has 0 bridgehead atoms. The molecule has 0 N–H and O–H groups in total. The molecule has 2 heterocycles. The van der Waals surface area contributed by atoms with Gasteiger partial charge in [0.1, 0.15) is 5.75 Å². The van der Waals surface area contributed by atoms with Crippen LogP contribution in [0, 0.1) is 5.92 Å². The van der Waals surface area contributed by atoms with E-state index in [1.54, 1.807) is 11.0 Å². The van der Waals surface area contributed by atoms with Crippen LogP contribution in [0.3, 0.4) is 0 Å². The molecule has 1 aromatic rings. The second kappa shape index (κ2) is 7.79. The Morgan fingerprint density at radius 1 is 1.07 bits per heavy atom. The lowest BCUT2D eigenvalue weighted by Crippen LogP contribution is -2.52. The summed E-state index contributed by atoms with van der Waals surface area (Å²) < 4.78 is 52.5. The average Bonchev–Trinajstić information content (AvgIpc) is 3.00. The maximum Gasteiger partial charge on any atom is 0.387 e. The first-order valence-electron chi connectivity index (χ1n) is 8.59. The molecule has 27 heavy (non-hydrogen) atoms. The molecular formula is C17H20F2N2O5S. The van der Waals surface area contributed by atoms with E-state index < -0.39 is 28.3 Å². The summed E-state index contributed by atoms with van der Waals surface area (Å²) in [5, 5.41) is 0. The number of benzene rings is 1. The van der Waals surface area contributed by atoms with Crippen LogP contribution in [-0.4, -0.2) is 74.3 Å². The number of carbonyl (C=O) groups excluding carboxylic acids is 2. The zero-order valence-electron chi connectivity index (χ0n) is 14.5. The Hall–Kier alpha value is -2.23. The molecule has 0 saturated carbocycles. The fraction of sp³-hybridized carbons (Fsp3) is 0.529. The number of halogens is 2. The van der Waals surface area contributed by atoms with Gasteiger partial charge in [-0.05, 0) is 18.6 Å². The van der Waals surface area contributed by atoms with E-state index in [-0.39, 0.29) is 54.9 Å². The molecule has 148 valence electrons. The molecule has 0 radical (unpaired) electrons. The zero-order chi connectivity index (χ0) is 19.6. The Labute approximate surface area is 155 Å². The largest absolute Gasteiger partial charge is 0.434 e. The van der Waals surface area contributed by atoms with Gasteiger partial charge in [-0.2, -0.15) is 8.78 Å². The number of hydrogen-bond donors (Lipinski definition) is 0. The molecule has 10 heteroatoms. The van der Waals surface area contributed by atoms with Crippen molar-refractivity contribution in [2.24, 2.45) is 5.92 Å². The van der Waals surface area contributed by atoms with Gasteiger partial charge in [0, 0.05) is 26.2 Å². The van der Waals surface area contributed by atoms with E-state index in [9.17, 15) is 26.8 Å². The standard InChI is InChI=1S/C17H20F2N2O5S/c18-17(19)26-14-4-2-1-3-13(14)16(23)21-8-6-20(7-9-21)15(22)12-5-10-27(24,25)11-12/h1-4,12,17H,5-11H2. The van der Waals surface area contributed by atoms with E-state index in [1.165, 1.54) is 23.1 Å². The van der Waals surface area contributed by atoms with E-state index in [4.69, 9.17) is 0 Å². The maximum absolute atomic E-state index is 12.6. The van der Waals surface area contributed by atoms with E-state index >= 15 is 0 Å². The minimum Gasteiger partial charge on any atom is -0.434 e. The SMILES string of the molecule is O=C(c1ccccc1OC(F)F)N1CCN(C(=O)C2CCS(=O)(=O)C2)CC1. The number of rotatable bonds is 4. The van der Waals surface area contributed by atoms with Gasteiger partial charge in [0.2, 0.25) is 5.91 Å². The smallest absolute Gasteiger partial charge is 0.387 e. The molecule has 3 rings (SSSR count). The second-order valence-corrected chi connectivity index (χ2v) is 8.82. The Kier molecular flexibility index (Phi) is 5.64. The van der Waals surface area contributed by atoms with Crippen molar-refractivity contribution < 1.29 is 31.5 Å². The highest BCUT2D eigenvalue weighted by Gasteiger charge is 2.36. The summed E-state index contributed by atoms with van der Waals surface area (Å²) >= 11 is 0. The molecule has 2 fully saturated rings. The Morgan fingerprint density at radius 2 is 1.70 bits per heavy atom. The minimum absolute atomic E-state index is 0.0305. The predicted octanol–water partition coefficient (Wildman–Crippen LogP) is 1.01. The Morgan fingerprint density at radius 3 is 2.30 bits per heavy atom. The lowest BCUT2D eigenvalue weighted by Gasteiger charge is -2.36. The fourth-order valence-corrected chi connectivity index (χ4v) is 5.12. The summed E-state index contributed by atoms with van der Waals surface area (Å²) in [6, 6.07) is 5.79. The summed E-state index contributed by atoms with van der Waals surface area (Å²) in [6.45, 7) is -1.99. The number of carbonyl (C=O) groups is 2. The van der Waals surface area contributed by atoms with Crippen molar-refractivity contribution in [1.82, 2.24) is 9.80 Å². The number of para-hydroxylation sites is 1. The highest BCUT2D eigenvalue weighted by Crippen LogP contribution is 2.24. The fourth-order valence-electron chi connectivity index (χ4n) is 3.39. The molecule has 0 aliphatic carbocycles. The highest BCUT2D eigenvalue weighted by atomic mass is 32.2. The van der Waals surface area contributed by atoms with Gasteiger partial charge in [0.15, 0.2) is 9.84 Å². The number of ether oxygens (including phenoxy) is 1. The van der Waals surface area contributed by atoms with Gasteiger partial charge in [-0.3, -0.25) is 9.59 Å². The van der Waals surface area contributed by atoms with Crippen molar-refractivity contribution in [2.75, 3.05) is 37.7 Å². The summed E-state index contributed by atoms with van der Waals surface area (Å²) in [6.07, 6.45) is 0.332. The Bertz CT molecular complexity index is 822. The molecule has 1 atom stereocenters. The normalized spacial score (nSPS) is 22.1. The number of piperazine rings is 1. The van der Waals surface area contributed by atoms with Crippen LogP contribution in [0.5, 0.6) is 5.75 Å². The molecule has 2 aliphatic rings. The average molecular weight is 402 g/mol. The number of alkyl halides is 2. The van der Waals surface area contributed by atoms with Crippen molar-refractivity contribution >= 4 is 21.7 Å². The van der Waals surface area contributed by atoms with Gasteiger partial charge in [-0.15, -0.1) is 0 Å². The van der Waals surface area contributed by atoms with Gasteiger partial charge < -0.3 is 14.5 Å². The third-order valence-corrected chi connectivity index (χ3v) is 6.56. The van der Waals surface area contributed by atoms with Gasteiger partial charge in [0.05, 0.1) is 23.0 Å². The quantitative estimate of drug-likeness (QED) is 0.751. The molecule has 2 amide bonds. The molecule has 1 aromatic carbocycles. The third-order valence-electron chi connectivity index (χ3n) is 4.79. The summed E-state index contributed by atoms with van der Waals surface area (Å²) in [5.41, 5.74) is 0.0412. The monoisotopic (exact) mass is 402 g/mol. The third kappa shape index (κ3) is 4.55. The van der Waals surface area contributed by atoms with Crippen molar-refractivity contribution in [3.8, 4) is 5.75 Å². The minimum atomic E-state index is -3.14. The van der Waals surface area contributed by atoms with E-state index in [0.29, 0.717) is 6.42 Å². The van der Waals surface area contributed by atoms with Crippen LogP contribution in [-0.2, 0) is 14.6 Å². The van der Waals surface area contributed by atoms with Crippen molar-refractivity contribution in [1.29, 1.82) is 0 Å². The van der Waals surface area contributed by atoms with Crippen molar-refractivity contribution in [3.63, 3.8) is 0 Å². The van der Waals surface area contributed by atoms with Crippen LogP contribution < -0.4 is 4.74 Å². The van der Waals surface area contributed by atoms with Crippen LogP contribution in [0.15, 0.2) is 24.3 Å². The van der Waals surface area contributed by atoms with E-state index in [1.807, 2.05) is 0 Å². The van der Waals surface area contributed by atoms with Crippen LogP contribution in [0.25, 0.3) is 0 Å². The Balaban J connectivity index is 1.61. The maximum atomic E-state index is 12.6. The van der Waals surface area contributed by atoms with Crippen molar-refractivity contribution in [2.45, 2.75) is 13.0 Å². The number of hydrogen-bond acceptors (Lipinski definition) is 5. The molecule has 7 nitrogen and oxygen atoms in total. The summed E-state index contributed by atoms with van der Waals surface area (Å²) in [7, 11) is -3.14. The number of amides is 2. The van der Waals surface area contributed by atoms with Gasteiger partial charge in [-0.25, -0.2) is 8.42 Å². The first kappa shape index (κ1) is 19.5. The first-order chi connectivity index (χ1) is 12.8. The molecule has 1 unspecified atom stereocenters. The van der Waals surface area contributed by atoms with Crippen LogP contribution >= 0.6 is 0 Å².